The van der Waals surface area contributed by atoms with Crippen molar-refractivity contribution in [1.82, 2.24) is 0 Å². The second-order valence-corrected chi connectivity index (χ2v) is 3.34. The molecule has 0 rings (SSSR count). The van der Waals surface area contributed by atoms with Crippen LogP contribution in [0.5, 0.6) is 0 Å². The Morgan fingerprint density at radius 2 is 1.85 bits per heavy atom. The first-order valence-corrected chi connectivity index (χ1v) is 5.05. The number of hydrogen-bond donors (Lipinski definition) is 1. The Balaban J connectivity index is 4.15. The van der Waals surface area contributed by atoms with Gasteiger partial charge >= 0.3 is 5.97 Å². The van der Waals surface area contributed by atoms with Crippen molar-refractivity contribution in [2.75, 3.05) is 0 Å². The van der Waals surface area contributed by atoms with Crippen LogP contribution in [0.2, 0.25) is 0 Å². The first-order valence-electron chi connectivity index (χ1n) is 5.05. The lowest BCUT2D eigenvalue weighted by molar-refractivity contribution is -0.132. The highest BCUT2D eigenvalue weighted by Crippen LogP contribution is 2.16. The van der Waals surface area contributed by atoms with Gasteiger partial charge < -0.3 is 5.11 Å². The lowest BCUT2D eigenvalue weighted by Gasteiger charge is -2.06. The molecule has 0 unspecified atom stereocenters. The van der Waals surface area contributed by atoms with Gasteiger partial charge in [-0.25, -0.2) is 4.79 Å². The van der Waals surface area contributed by atoms with Crippen molar-refractivity contribution in [1.29, 1.82) is 0 Å². The molecule has 13 heavy (non-hydrogen) atoms. The van der Waals surface area contributed by atoms with Gasteiger partial charge in [-0.2, -0.15) is 0 Å². The molecule has 2 nitrogen and oxygen atoms in total. The third-order valence-electron chi connectivity index (χ3n) is 2.36. The molecule has 1 N–H and O–H groups in total. The molecule has 0 atom stereocenters. The van der Waals surface area contributed by atoms with Crippen LogP contribution in [-0.2, 0) is 4.79 Å². The van der Waals surface area contributed by atoms with Gasteiger partial charge in [-0.15, -0.1) is 0 Å². The number of aliphatic carboxylic acids is 1. The Morgan fingerprint density at radius 1 is 1.23 bits per heavy atom. The van der Waals surface area contributed by atoms with Gasteiger partial charge in [-0.05, 0) is 26.2 Å². The first kappa shape index (κ1) is 12.2. The average Bonchev–Trinajstić information content (AvgIpc) is 2.11. The summed E-state index contributed by atoms with van der Waals surface area (Å²) >= 11 is 0. The van der Waals surface area contributed by atoms with Crippen LogP contribution in [0.3, 0.4) is 0 Å². The predicted molar refractivity (Wildman–Crippen MR) is 54.8 cm³/mol. The molecule has 76 valence electrons. The molecule has 0 radical (unpaired) electrons. The zero-order valence-electron chi connectivity index (χ0n) is 8.89. The first-order chi connectivity index (χ1) is 6.13. The third kappa shape index (κ3) is 4.71. The van der Waals surface area contributed by atoms with Gasteiger partial charge in [-0.3, -0.25) is 0 Å². The number of carboxylic acid groups (broad SMARTS) is 1. The molecular weight excluding hydrogens is 164 g/mol. The van der Waals surface area contributed by atoms with E-state index in [1.54, 1.807) is 6.92 Å². The molecule has 0 heterocycles. The minimum Gasteiger partial charge on any atom is -0.478 e. The van der Waals surface area contributed by atoms with Crippen LogP contribution in [0.4, 0.5) is 0 Å². The molecule has 0 aliphatic heterocycles. The lowest BCUT2D eigenvalue weighted by atomic mass is 10.0. The van der Waals surface area contributed by atoms with Gasteiger partial charge in [0, 0.05) is 5.57 Å². The van der Waals surface area contributed by atoms with Crippen LogP contribution >= 0.6 is 0 Å². The van der Waals surface area contributed by atoms with E-state index < -0.39 is 5.97 Å². The standard InChI is InChI=1S/C11H20O2/c1-4-6-7-8-10(5-2)9(3)11(12)13/h4-8H2,1-3H3,(H,12,13). The molecule has 0 aliphatic rings. The number of carbonyl (C=O) groups is 1. The molecule has 0 aromatic carbocycles. The van der Waals surface area contributed by atoms with Crippen LogP contribution in [0.1, 0.15) is 52.9 Å². The smallest absolute Gasteiger partial charge is 0.331 e. The summed E-state index contributed by atoms with van der Waals surface area (Å²) in [7, 11) is 0. The summed E-state index contributed by atoms with van der Waals surface area (Å²) in [6.07, 6.45) is 5.30. The fourth-order valence-electron chi connectivity index (χ4n) is 1.37. The van der Waals surface area contributed by atoms with E-state index in [2.05, 4.69) is 6.92 Å². The van der Waals surface area contributed by atoms with Crippen LogP contribution in [0.15, 0.2) is 11.1 Å². The summed E-state index contributed by atoms with van der Waals surface area (Å²) in [4.78, 5) is 10.7. The number of hydrogen-bond acceptors (Lipinski definition) is 1. The van der Waals surface area contributed by atoms with Crippen molar-refractivity contribution in [3.05, 3.63) is 11.1 Å². The monoisotopic (exact) mass is 184 g/mol. The molecule has 0 aliphatic carbocycles. The molecule has 0 aromatic heterocycles. The Bertz CT molecular complexity index is 192. The highest BCUT2D eigenvalue weighted by molar-refractivity contribution is 5.86. The zero-order chi connectivity index (χ0) is 10.3. The fourth-order valence-corrected chi connectivity index (χ4v) is 1.37. The van der Waals surface area contributed by atoms with Crippen LogP contribution in [-0.4, -0.2) is 11.1 Å². The average molecular weight is 184 g/mol. The summed E-state index contributed by atoms with van der Waals surface area (Å²) in [6.45, 7) is 5.88. The fraction of sp³-hybridized carbons (Fsp3) is 0.727. The van der Waals surface area contributed by atoms with Crippen molar-refractivity contribution in [3.8, 4) is 0 Å². The SMILES string of the molecule is CCCCCC(CC)=C(C)C(=O)O. The summed E-state index contributed by atoms with van der Waals surface area (Å²) < 4.78 is 0. The van der Waals surface area contributed by atoms with Gasteiger partial charge in [0.15, 0.2) is 0 Å². The maximum atomic E-state index is 10.7. The number of allylic oxidation sites excluding steroid dienone is 1. The zero-order valence-corrected chi connectivity index (χ0v) is 8.89. The topological polar surface area (TPSA) is 37.3 Å². The Kier molecular flexibility index (Phi) is 6.29. The summed E-state index contributed by atoms with van der Waals surface area (Å²) in [5.74, 6) is -0.770. The summed E-state index contributed by atoms with van der Waals surface area (Å²) in [5, 5.41) is 8.78. The summed E-state index contributed by atoms with van der Waals surface area (Å²) in [5.41, 5.74) is 1.64. The van der Waals surface area contributed by atoms with Crippen LogP contribution in [0.25, 0.3) is 0 Å². The molecule has 0 saturated carbocycles. The Labute approximate surface area is 80.7 Å². The van der Waals surface area contributed by atoms with Crippen molar-refractivity contribution in [3.63, 3.8) is 0 Å². The number of carboxylic acids is 1. The summed E-state index contributed by atoms with van der Waals surface area (Å²) in [6, 6.07) is 0. The second kappa shape index (κ2) is 6.70. The van der Waals surface area contributed by atoms with E-state index in [9.17, 15) is 4.79 Å². The molecule has 0 fully saturated rings. The van der Waals surface area contributed by atoms with E-state index in [0.717, 1.165) is 24.8 Å². The number of rotatable bonds is 6. The molecular formula is C11H20O2. The third-order valence-corrected chi connectivity index (χ3v) is 2.36. The molecule has 0 aromatic rings. The largest absolute Gasteiger partial charge is 0.478 e. The van der Waals surface area contributed by atoms with E-state index in [-0.39, 0.29) is 0 Å². The molecule has 0 amide bonds. The maximum absolute atomic E-state index is 10.7. The minimum atomic E-state index is -0.770. The second-order valence-electron chi connectivity index (χ2n) is 3.34. The highest BCUT2D eigenvalue weighted by Gasteiger charge is 2.06. The van der Waals surface area contributed by atoms with Crippen LogP contribution < -0.4 is 0 Å². The van der Waals surface area contributed by atoms with E-state index in [1.807, 2.05) is 6.92 Å². The molecule has 0 bridgehead atoms. The highest BCUT2D eigenvalue weighted by atomic mass is 16.4. The van der Waals surface area contributed by atoms with Crippen molar-refractivity contribution in [2.24, 2.45) is 0 Å². The van der Waals surface area contributed by atoms with E-state index >= 15 is 0 Å². The van der Waals surface area contributed by atoms with Crippen molar-refractivity contribution in [2.45, 2.75) is 52.9 Å². The Hall–Kier alpha value is -0.790. The van der Waals surface area contributed by atoms with Gasteiger partial charge in [0.25, 0.3) is 0 Å². The van der Waals surface area contributed by atoms with Crippen LogP contribution in [0, 0.1) is 0 Å². The normalized spacial score (nSPS) is 12.5. The Morgan fingerprint density at radius 3 is 2.23 bits per heavy atom. The maximum Gasteiger partial charge on any atom is 0.331 e. The lowest BCUT2D eigenvalue weighted by Crippen LogP contribution is -2.01. The molecule has 2 heteroatoms. The number of unbranched alkanes of at least 4 members (excludes halogenated alkanes) is 2. The van der Waals surface area contributed by atoms with Gasteiger partial charge in [0.1, 0.15) is 0 Å². The molecule has 0 saturated heterocycles. The minimum absolute atomic E-state index is 0.540. The predicted octanol–water partition coefficient (Wildman–Crippen LogP) is 3.38. The van der Waals surface area contributed by atoms with Gasteiger partial charge in [0.05, 0.1) is 0 Å². The van der Waals surface area contributed by atoms with E-state index in [4.69, 9.17) is 5.11 Å². The van der Waals surface area contributed by atoms with E-state index in [1.165, 1.54) is 12.8 Å². The van der Waals surface area contributed by atoms with Gasteiger partial charge in [0.2, 0.25) is 0 Å². The van der Waals surface area contributed by atoms with Crippen molar-refractivity contribution < 1.29 is 9.90 Å². The van der Waals surface area contributed by atoms with Crippen molar-refractivity contribution >= 4 is 5.97 Å². The van der Waals surface area contributed by atoms with Gasteiger partial charge in [-0.1, -0.05) is 32.3 Å². The molecule has 0 spiro atoms. The van der Waals surface area contributed by atoms with E-state index in [0.29, 0.717) is 5.57 Å². The quantitative estimate of drug-likeness (QED) is 0.507.